The van der Waals surface area contributed by atoms with Crippen molar-refractivity contribution in [3.8, 4) is 17.0 Å². The van der Waals surface area contributed by atoms with Crippen LogP contribution in [0.2, 0.25) is 0 Å². The van der Waals surface area contributed by atoms with Crippen LogP contribution in [0.4, 0.5) is 4.39 Å². The van der Waals surface area contributed by atoms with E-state index in [0.717, 1.165) is 5.56 Å². The lowest BCUT2D eigenvalue weighted by atomic mass is 10.1. The van der Waals surface area contributed by atoms with E-state index in [0.29, 0.717) is 17.0 Å². The second kappa shape index (κ2) is 4.80. The molecule has 0 radical (unpaired) electrons. The van der Waals surface area contributed by atoms with Crippen LogP contribution in [-0.4, -0.2) is 16.9 Å². The maximum atomic E-state index is 14.0. The molecule has 0 saturated carbocycles. The molecule has 0 spiro atoms. The van der Waals surface area contributed by atoms with E-state index in [2.05, 4.69) is 5.10 Å². The summed E-state index contributed by atoms with van der Waals surface area (Å²) < 4.78 is 21.0. The molecule has 18 heavy (non-hydrogen) atoms. The number of halogens is 1. The highest BCUT2D eigenvalue weighted by atomic mass is 19.1. The van der Waals surface area contributed by atoms with Gasteiger partial charge in [0.25, 0.3) is 0 Å². The highest BCUT2D eigenvalue weighted by molar-refractivity contribution is 5.70. The number of ether oxygens (including phenoxy) is 1. The summed E-state index contributed by atoms with van der Waals surface area (Å²) >= 11 is 0. The van der Waals surface area contributed by atoms with Gasteiger partial charge in [-0.15, -0.1) is 0 Å². The molecule has 0 aliphatic heterocycles. The molecule has 0 atom stereocenters. The van der Waals surface area contributed by atoms with Gasteiger partial charge in [0.1, 0.15) is 17.3 Å². The Kier molecular flexibility index (Phi) is 3.36. The minimum absolute atomic E-state index is 0.246. The molecule has 0 unspecified atom stereocenters. The Labute approximate surface area is 106 Å². The zero-order chi connectivity index (χ0) is 13.3. The molecular formula is C14H17FN2O. The van der Waals surface area contributed by atoms with E-state index in [9.17, 15) is 4.39 Å². The van der Waals surface area contributed by atoms with Crippen molar-refractivity contribution in [3.63, 3.8) is 0 Å². The smallest absolute Gasteiger partial charge is 0.136 e. The summed E-state index contributed by atoms with van der Waals surface area (Å²) in [5.74, 6) is 0.193. The summed E-state index contributed by atoms with van der Waals surface area (Å²) in [4.78, 5) is 0. The molecule has 0 bridgehead atoms. The van der Waals surface area contributed by atoms with Crippen LogP contribution < -0.4 is 4.74 Å². The van der Waals surface area contributed by atoms with Crippen molar-refractivity contribution >= 4 is 0 Å². The van der Waals surface area contributed by atoms with E-state index < -0.39 is 0 Å². The van der Waals surface area contributed by atoms with E-state index in [4.69, 9.17) is 4.74 Å². The molecule has 4 heteroatoms. The average molecular weight is 248 g/mol. The lowest BCUT2D eigenvalue weighted by Crippen LogP contribution is -2.01. The van der Waals surface area contributed by atoms with Gasteiger partial charge in [-0.05, 0) is 38.5 Å². The number of nitrogens with zero attached hydrogens (tertiary/aromatic N) is 2. The van der Waals surface area contributed by atoms with Gasteiger partial charge in [0, 0.05) is 12.2 Å². The first-order valence-electron chi connectivity index (χ1n) is 5.93. The normalized spacial score (nSPS) is 11.0. The Morgan fingerprint density at radius 3 is 2.61 bits per heavy atom. The van der Waals surface area contributed by atoms with Gasteiger partial charge in [0.15, 0.2) is 0 Å². The molecular weight excluding hydrogens is 231 g/mol. The van der Waals surface area contributed by atoms with Crippen molar-refractivity contribution in [2.45, 2.75) is 26.8 Å². The topological polar surface area (TPSA) is 27.1 Å². The predicted octanol–water partition coefficient (Wildman–Crippen LogP) is 3.59. The molecule has 1 aromatic heterocycles. The number of hydrogen-bond donors (Lipinski definition) is 0. The van der Waals surface area contributed by atoms with Crippen molar-refractivity contribution in [1.82, 2.24) is 9.78 Å². The molecule has 2 aromatic rings. The molecule has 96 valence electrons. The quantitative estimate of drug-likeness (QED) is 0.830. The number of rotatable bonds is 3. The van der Waals surface area contributed by atoms with Crippen LogP contribution in [0.3, 0.4) is 0 Å². The lowest BCUT2D eigenvalue weighted by Gasteiger charge is -2.08. The number of methoxy groups -OCH3 is 1. The second-order valence-corrected chi connectivity index (χ2v) is 4.55. The van der Waals surface area contributed by atoms with Crippen LogP contribution in [-0.2, 0) is 0 Å². The number of benzene rings is 1. The molecule has 0 fully saturated rings. The summed E-state index contributed by atoms with van der Waals surface area (Å²) in [6.45, 7) is 6.00. The Balaban J connectivity index is 2.61. The highest BCUT2D eigenvalue weighted by Gasteiger charge is 2.17. The minimum Gasteiger partial charge on any atom is -0.496 e. The largest absolute Gasteiger partial charge is 0.496 e. The Morgan fingerprint density at radius 2 is 2.06 bits per heavy atom. The monoisotopic (exact) mass is 248 g/mol. The van der Waals surface area contributed by atoms with Crippen molar-refractivity contribution in [2.24, 2.45) is 0 Å². The molecule has 1 heterocycles. The molecule has 0 aliphatic rings. The van der Waals surface area contributed by atoms with E-state index >= 15 is 0 Å². The van der Waals surface area contributed by atoms with Gasteiger partial charge < -0.3 is 4.74 Å². The van der Waals surface area contributed by atoms with E-state index in [-0.39, 0.29) is 11.9 Å². The van der Waals surface area contributed by atoms with Crippen molar-refractivity contribution in [3.05, 3.63) is 35.8 Å². The first kappa shape index (κ1) is 12.6. The van der Waals surface area contributed by atoms with E-state index in [1.807, 2.05) is 31.6 Å². The van der Waals surface area contributed by atoms with Crippen LogP contribution >= 0.6 is 0 Å². The third-order valence-electron chi connectivity index (χ3n) is 2.88. The maximum absolute atomic E-state index is 14.0. The Bertz CT molecular complexity index is 561. The SMILES string of the molecule is COc1cccc(F)c1-c1nn(C(C)C)cc1C. The zero-order valence-corrected chi connectivity index (χ0v) is 11.1. The van der Waals surface area contributed by atoms with Gasteiger partial charge in [0.05, 0.1) is 12.7 Å². The predicted molar refractivity (Wildman–Crippen MR) is 69.3 cm³/mol. The maximum Gasteiger partial charge on any atom is 0.136 e. The van der Waals surface area contributed by atoms with Crippen LogP contribution in [0, 0.1) is 12.7 Å². The van der Waals surface area contributed by atoms with Crippen LogP contribution in [0.5, 0.6) is 5.75 Å². The fourth-order valence-electron chi connectivity index (χ4n) is 1.90. The van der Waals surface area contributed by atoms with Crippen LogP contribution in [0.15, 0.2) is 24.4 Å². The first-order valence-corrected chi connectivity index (χ1v) is 5.93. The highest BCUT2D eigenvalue weighted by Crippen LogP contribution is 2.33. The molecule has 0 N–H and O–H groups in total. The Hall–Kier alpha value is -1.84. The molecule has 0 saturated heterocycles. The second-order valence-electron chi connectivity index (χ2n) is 4.55. The Morgan fingerprint density at radius 1 is 1.33 bits per heavy atom. The lowest BCUT2D eigenvalue weighted by molar-refractivity contribution is 0.413. The fourth-order valence-corrected chi connectivity index (χ4v) is 1.90. The van der Waals surface area contributed by atoms with Gasteiger partial charge in [-0.1, -0.05) is 6.07 Å². The summed E-state index contributed by atoms with van der Waals surface area (Å²) in [6, 6.07) is 5.04. The molecule has 2 rings (SSSR count). The number of aryl methyl sites for hydroxylation is 1. The summed E-state index contributed by atoms with van der Waals surface area (Å²) in [5.41, 5.74) is 2.00. The number of aromatic nitrogens is 2. The first-order chi connectivity index (χ1) is 8.54. The van der Waals surface area contributed by atoms with Gasteiger partial charge >= 0.3 is 0 Å². The van der Waals surface area contributed by atoms with Crippen LogP contribution in [0.25, 0.3) is 11.3 Å². The van der Waals surface area contributed by atoms with Gasteiger partial charge in [-0.25, -0.2) is 4.39 Å². The van der Waals surface area contributed by atoms with Gasteiger partial charge in [-0.2, -0.15) is 5.10 Å². The molecule has 1 aromatic carbocycles. The molecule has 0 amide bonds. The summed E-state index contributed by atoms with van der Waals surface area (Å²) in [5, 5.41) is 4.45. The van der Waals surface area contributed by atoms with Crippen molar-refractivity contribution in [2.75, 3.05) is 7.11 Å². The average Bonchev–Trinajstić information content (AvgIpc) is 2.71. The van der Waals surface area contributed by atoms with Gasteiger partial charge in [0.2, 0.25) is 0 Å². The summed E-state index contributed by atoms with van der Waals surface area (Å²) in [7, 11) is 1.53. The molecule has 0 aliphatic carbocycles. The third-order valence-corrected chi connectivity index (χ3v) is 2.88. The van der Waals surface area contributed by atoms with Crippen molar-refractivity contribution < 1.29 is 9.13 Å². The number of hydrogen-bond acceptors (Lipinski definition) is 2. The van der Waals surface area contributed by atoms with Crippen molar-refractivity contribution in [1.29, 1.82) is 0 Å². The van der Waals surface area contributed by atoms with E-state index in [1.54, 1.807) is 12.1 Å². The molecule has 3 nitrogen and oxygen atoms in total. The van der Waals surface area contributed by atoms with Gasteiger partial charge in [-0.3, -0.25) is 4.68 Å². The third kappa shape index (κ3) is 2.10. The minimum atomic E-state index is -0.313. The standard InChI is InChI=1S/C14H17FN2O/c1-9(2)17-8-10(3)14(16-17)13-11(15)6-5-7-12(13)18-4/h5-9H,1-4H3. The fraction of sp³-hybridized carbons (Fsp3) is 0.357. The zero-order valence-electron chi connectivity index (χ0n) is 11.1. The van der Waals surface area contributed by atoms with E-state index in [1.165, 1.54) is 13.2 Å². The summed E-state index contributed by atoms with van der Waals surface area (Å²) in [6.07, 6.45) is 1.92. The van der Waals surface area contributed by atoms with Crippen LogP contribution in [0.1, 0.15) is 25.5 Å².